The summed E-state index contributed by atoms with van der Waals surface area (Å²) in [6, 6.07) is 0.171. The lowest BCUT2D eigenvalue weighted by Gasteiger charge is -2.17. The normalized spacial score (nSPS) is 28.6. The van der Waals surface area contributed by atoms with Crippen LogP contribution < -0.4 is 10.5 Å². The van der Waals surface area contributed by atoms with Crippen LogP contribution in [0.25, 0.3) is 0 Å². The molecule has 5 heteroatoms. The molecule has 1 rings (SSSR count). The average Bonchev–Trinajstić information content (AvgIpc) is 2.47. The van der Waals surface area contributed by atoms with Crippen molar-refractivity contribution in [1.29, 1.82) is 0 Å². The minimum Gasteiger partial charge on any atom is -0.327 e. The van der Waals surface area contributed by atoms with E-state index in [1.807, 2.05) is 0 Å². The summed E-state index contributed by atoms with van der Waals surface area (Å²) in [5.74, 6) is 0.323. The molecule has 1 fully saturated rings. The van der Waals surface area contributed by atoms with Crippen LogP contribution in [0.1, 0.15) is 33.1 Å². The highest BCUT2D eigenvalue weighted by Gasteiger charge is 2.25. The van der Waals surface area contributed by atoms with E-state index in [0.29, 0.717) is 12.5 Å². The fourth-order valence-electron chi connectivity index (χ4n) is 1.71. The molecule has 0 amide bonds. The van der Waals surface area contributed by atoms with E-state index < -0.39 is 10.0 Å². The van der Waals surface area contributed by atoms with E-state index in [1.54, 1.807) is 13.8 Å². The van der Waals surface area contributed by atoms with Crippen LogP contribution in [0, 0.1) is 5.92 Å². The Labute approximate surface area is 86.3 Å². The first-order valence-electron chi connectivity index (χ1n) is 5.17. The first kappa shape index (κ1) is 11.9. The van der Waals surface area contributed by atoms with Crippen molar-refractivity contribution in [2.45, 2.75) is 44.4 Å². The van der Waals surface area contributed by atoms with Gasteiger partial charge < -0.3 is 5.73 Å². The highest BCUT2D eigenvalue weighted by Crippen LogP contribution is 2.23. The lowest BCUT2D eigenvalue weighted by atomic mass is 10.1. The zero-order valence-electron chi connectivity index (χ0n) is 8.86. The maximum Gasteiger partial charge on any atom is 0.213 e. The second-order valence-electron chi connectivity index (χ2n) is 4.30. The zero-order valence-corrected chi connectivity index (χ0v) is 9.68. The quantitative estimate of drug-likeness (QED) is 0.722. The van der Waals surface area contributed by atoms with E-state index in [1.165, 1.54) is 0 Å². The van der Waals surface area contributed by atoms with Gasteiger partial charge in [-0.3, -0.25) is 0 Å². The second kappa shape index (κ2) is 4.59. The van der Waals surface area contributed by atoms with E-state index in [4.69, 9.17) is 5.73 Å². The van der Waals surface area contributed by atoms with Crippen LogP contribution in [-0.2, 0) is 10.0 Å². The molecular weight excluding hydrogens is 200 g/mol. The molecule has 0 spiro atoms. The van der Waals surface area contributed by atoms with Crippen LogP contribution >= 0.6 is 0 Å². The number of hydrogen-bond acceptors (Lipinski definition) is 3. The van der Waals surface area contributed by atoms with Crippen molar-refractivity contribution in [2.24, 2.45) is 11.7 Å². The molecule has 84 valence electrons. The van der Waals surface area contributed by atoms with Gasteiger partial charge in [-0.05, 0) is 32.6 Å². The van der Waals surface area contributed by atoms with Crippen molar-refractivity contribution in [1.82, 2.24) is 4.72 Å². The topological polar surface area (TPSA) is 72.2 Å². The Kier molecular flexibility index (Phi) is 3.92. The van der Waals surface area contributed by atoms with Gasteiger partial charge in [0, 0.05) is 12.6 Å². The van der Waals surface area contributed by atoms with Crippen LogP contribution in [-0.4, -0.2) is 26.3 Å². The van der Waals surface area contributed by atoms with Crippen LogP contribution in [0.3, 0.4) is 0 Å². The van der Waals surface area contributed by atoms with Crippen molar-refractivity contribution in [3.63, 3.8) is 0 Å². The molecule has 0 aliphatic heterocycles. The number of rotatable bonds is 4. The van der Waals surface area contributed by atoms with Crippen LogP contribution in [0.5, 0.6) is 0 Å². The summed E-state index contributed by atoms with van der Waals surface area (Å²) >= 11 is 0. The minimum atomic E-state index is -3.11. The van der Waals surface area contributed by atoms with Gasteiger partial charge >= 0.3 is 0 Å². The van der Waals surface area contributed by atoms with Gasteiger partial charge in [0.15, 0.2) is 0 Å². The fraction of sp³-hybridized carbons (Fsp3) is 1.00. The Bertz CT molecular complexity index is 275. The molecular formula is C9H20N2O2S. The van der Waals surface area contributed by atoms with Crippen LogP contribution in [0.4, 0.5) is 0 Å². The average molecular weight is 220 g/mol. The minimum absolute atomic E-state index is 0.171. The van der Waals surface area contributed by atoms with Gasteiger partial charge in [0.25, 0.3) is 0 Å². The molecule has 0 aromatic heterocycles. The summed E-state index contributed by atoms with van der Waals surface area (Å²) in [5.41, 5.74) is 5.85. The standard InChI is InChI=1S/C9H20N2O2S/c1-7(2)14(12,13)11-6-8-4-3-5-9(8)10/h7-9,11H,3-6,10H2,1-2H3. The highest BCUT2D eigenvalue weighted by atomic mass is 32.2. The maximum atomic E-state index is 11.4. The predicted octanol–water partition coefficient (Wildman–Crippen LogP) is 0.442. The van der Waals surface area contributed by atoms with Gasteiger partial charge in [-0.2, -0.15) is 0 Å². The van der Waals surface area contributed by atoms with E-state index >= 15 is 0 Å². The SMILES string of the molecule is CC(C)S(=O)(=O)NCC1CCCC1N. The summed E-state index contributed by atoms with van der Waals surface area (Å²) in [6.07, 6.45) is 3.19. The molecule has 2 unspecified atom stereocenters. The maximum absolute atomic E-state index is 11.4. The van der Waals surface area contributed by atoms with Crippen molar-refractivity contribution in [3.05, 3.63) is 0 Å². The van der Waals surface area contributed by atoms with Crippen LogP contribution in [0.15, 0.2) is 0 Å². The molecule has 1 aliphatic rings. The van der Waals surface area contributed by atoms with Crippen LogP contribution in [0.2, 0.25) is 0 Å². The Morgan fingerprint density at radius 2 is 2.07 bits per heavy atom. The molecule has 3 N–H and O–H groups in total. The third kappa shape index (κ3) is 2.93. The Balaban J connectivity index is 2.40. The van der Waals surface area contributed by atoms with Gasteiger partial charge in [0.2, 0.25) is 10.0 Å². The van der Waals surface area contributed by atoms with E-state index in [2.05, 4.69) is 4.72 Å². The number of sulfonamides is 1. The molecule has 0 heterocycles. The van der Waals surface area contributed by atoms with Crippen molar-refractivity contribution >= 4 is 10.0 Å². The second-order valence-corrected chi connectivity index (χ2v) is 6.62. The van der Waals surface area contributed by atoms with E-state index in [9.17, 15) is 8.42 Å². The summed E-state index contributed by atoms with van der Waals surface area (Å²) in [7, 11) is -3.11. The molecule has 0 aromatic rings. The summed E-state index contributed by atoms with van der Waals surface area (Å²) in [6.45, 7) is 3.86. The molecule has 0 aromatic carbocycles. The van der Waals surface area contributed by atoms with Crippen molar-refractivity contribution < 1.29 is 8.42 Å². The first-order chi connectivity index (χ1) is 6.43. The summed E-state index contributed by atoms with van der Waals surface area (Å²) in [4.78, 5) is 0. The van der Waals surface area contributed by atoms with Crippen molar-refractivity contribution in [3.8, 4) is 0 Å². The molecule has 14 heavy (non-hydrogen) atoms. The van der Waals surface area contributed by atoms with Gasteiger partial charge in [-0.25, -0.2) is 13.1 Å². The molecule has 2 atom stereocenters. The Morgan fingerprint density at radius 1 is 1.43 bits per heavy atom. The third-order valence-corrected chi connectivity index (χ3v) is 4.70. The Morgan fingerprint density at radius 3 is 2.50 bits per heavy atom. The third-order valence-electron chi connectivity index (χ3n) is 2.89. The molecule has 0 bridgehead atoms. The lowest BCUT2D eigenvalue weighted by Crippen LogP contribution is -2.38. The van der Waals surface area contributed by atoms with E-state index in [0.717, 1.165) is 19.3 Å². The number of hydrogen-bond donors (Lipinski definition) is 2. The lowest BCUT2D eigenvalue weighted by molar-refractivity contribution is 0.468. The summed E-state index contributed by atoms with van der Waals surface area (Å²) < 4.78 is 25.5. The van der Waals surface area contributed by atoms with Gasteiger partial charge in [0.05, 0.1) is 5.25 Å². The largest absolute Gasteiger partial charge is 0.327 e. The molecule has 4 nitrogen and oxygen atoms in total. The van der Waals surface area contributed by atoms with Gasteiger partial charge in [-0.1, -0.05) is 6.42 Å². The van der Waals surface area contributed by atoms with Crippen molar-refractivity contribution in [2.75, 3.05) is 6.54 Å². The molecule has 1 aliphatic carbocycles. The highest BCUT2D eigenvalue weighted by molar-refractivity contribution is 7.90. The zero-order chi connectivity index (χ0) is 10.8. The number of nitrogens with one attached hydrogen (secondary N) is 1. The van der Waals surface area contributed by atoms with Gasteiger partial charge in [0.1, 0.15) is 0 Å². The number of nitrogens with two attached hydrogens (primary N) is 1. The fourth-order valence-corrected chi connectivity index (χ4v) is 2.49. The van der Waals surface area contributed by atoms with E-state index in [-0.39, 0.29) is 11.3 Å². The molecule has 0 radical (unpaired) electrons. The molecule has 0 saturated heterocycles. The smallest absolute Gasteiger partial charge is 0.213 e. The Hall–Kier alpha value is -0.130. The van der Waals surface area contributed by atoms with Gasteiger partial charge in [-0.15, -0.1) is 0 Å². The predicted molar refractivity (Wildman–Crippen MR) is 57.4 cm³/mol. The first-order valence-corrected chi connectivity index (χ1v) is 6.72. The molecule has 1 saturated carbocycles. The monoisotopic (exact) mass is 220 g/mol. The summed E-state index contributed by atoms with van der Waals surface area (Å²) in [5, 5.41) is -0.361.